The molecule has 0 radical (unpaired) electrons. The standard InChI is InChI=1S/C14H21NO4/c1-10(9-14(2,15)13(17)18)19-12-6-4-3-5-11(12)7-8-16/h3-6,10,16H,7-9,15H2,1-2H3,(H,17,18). The van der Waals surface area contributed by atoms with Crippen molar-refractivity contribution in [1.29, 1.82) is 0 Å². The summed E-state index contributed by atoms with van der Waals surface area (Å²) in [4.78, 5) is 11.0. The molecule has 0 fully saturated rings. The van der Waals surface area contributed by atoms with Gasteiger partial charge in [0.05, 0.1) is 6.10 Å². The molecule has 106 valence electrons. The third-order valence-corrected chi connectivity index (χ3v) is 2.88. The number of aliphatic carboxylic acids is 1. The van der Waals surface area contributed by atoms with Crippen molar-refractivity contribution in [2.75, 3.05) is 6.61 Å². The Balaban J connectivity index is 2.72. The maximum absolute atomic E-state index is 11.0. The average molecular weight is 267 g/mol. The second kappa shape index (κ2) is 6.54. The lowest BCUT2D eigenvalue weighted by Gasteiger charge is -2.25. The first-order chi connectivity index (χ1) is 8.86. The predicted octanol–water partition coefficient (Wildman–Crippen LogP) is 1.18. The first-order valence-corrected chi connectivity index (χ1v) is 6.24. The zero-order chi connectivity index (χ0) is 14.5. The van der Waals surface area contributed by atoms with Crippen LogP contribution in [-0.4, -0.2) is 34.4 Å². The number of carboxylic acids is 1. The largest absolute Gasteiger partial charge is 0.490 e. The van der Waals surface area contributed by atoms with E-state index in [1.54, 1.807) is 13.0 Å². The molecule has 2 atom stereocenters. The Kier molecular flexibility index (Phi) is 5.32. The molecule has 4 N–H and O–H groups in total. The zero-order valence-corrected chi connectivity index (χ0v) is 11.3. The maximum atomic E-state index is 11.0. The summed E-state index contributed by atoms with van der Waals surface area (Å²) in [5, 5.41) is 18.0. The minimum atomic E-state index is -1.31. The van der Waals surface area contributed by atoms with Crippen LogP contribution >= 0.6 is 0 Å². The van der Waals surface area contributed by atoms with E-state index in [9.17, 15) is 4.79 Å². The van der Waals surface area contributed by atoms with E-state index in [-0.39, 0.29) is 19.1 Å². The number of aliphatic hydroxyl groups excluding tert-OH is 1. The monoisotopic (exact) mass is 267 g/mol. The van der Waals surface area contributed by atoms with Gasteiger partial charge in [-0.1, -0.05) is 18.2 Å². The van der Waals surface area contributed by atoms with Crippen molar-refractivity contribution in [2.24, 2.45) is 5.73 Å². The Morgan fingerprint density at radius 3 is 2.68 bits per heavy atom. The van der Waals surface area contributed by atoms with Gasteiger partial charge in [-0.3, -0.25) is 4.79 Å². The molecular formula is C14H21NO4. The first-order valence-electron chi connectivity index (χ1n) is 6.24. The summed E-state index contributed by atoms with van der Waals surface area (Å²) in [6.45, 7) is 3.29. The molecule has 0 aliphatic heterocycles. The molecule has 0 saturated heterocycles. The van der Waals surface area contributed by atoms with E-state index < -0.39 is 11.5 Å². The van der Waals surface area contributed by atoms with Crippen molar-refractivity contribution in [3.63, 3.8) is 0 Å². The Morgan fingerprint density at radius 1 is 1.47 bits per heavy atom. The van der Waals surface area contributed by atoms with E-state index in [0.717, 1.165) is 5.56 Å². The summed E-state index contributed by atoms with van der Waals surface area (Å²) >= 11 is 0. The molecule has 0 bridgehead atoms. The highest BCUT2D eigenvalue weighted by molar-refractivity contribution is 5.77. The number of nitrogens with two attached hydrogens (primary N) is 1. The molecule has 0 saturated carbocycles. The van der Waals surface area contributed by atoms with Crippen LogP contribution in [-0.2, 0) is 11.2 Å². The third kappa shape index (κ3) is 4.54. The fourth-order valence-corrected chi connectivity index (χ4v) is 1.89. The van der Waals surface area contributed by atoms with Gasteiger partial charge in [0, 0.05) is 13.0 Å². The summed E-state index contributed by atoms with van der Waals surface area (Å²) in [5.74, 6) is -0.392. The highest BCUT2D eigenvalue weighted by Crippen LogP contribution is 2.22. The molecule has 0 aliphatic carbocycles. The molecule has 1 rings (SSSR count). The van der Waals surface area contributed by atoms with E-state index in [4.69, 9.17) is 20.7 Å². The highest BCUT2D eigenvalue weighted by atomic mass is 16.5. The molecule has 1 aromatic rings. The third-order valence-electron chi connectivity index (χ3n) is 2.88. The van der Waals surface area contributed by atoms with Crippen LogP contribution < -0.4 is 10.5 Å². The van der Waals surface area contributed by atoms with Gasteiger partial charge < -0.3 is 20.7 Å². The number of ether oxygens (including phenoxy) is 1. The van der Waals surface area contributed by atoms with Crippen LogP contribution in [0.1, 0.15) is 25.8 Å². The van der Waals surface area contributed by atoms with Gasteiger partial charge in [0.25, 0.3) is 0 Å². The smallest absolute Gasteiger partial charge is 0.323 e. The van der Waals surface area contributed by atoms with Crippen LogP contribution in [0.25, 0.3) is 0 Å². The summed E-state index contributed by atoms with van der Waals surface area (Å²) in [5.41, 5.74) is 5.27. The van der Waals surface area contributed by atoms with Crippen LogP contribution in [0.5, 0.6) is 5.75 Å². The molecule has 0 aromatic heterocycles. The number of hydrogen-bond acceptors (Lipinski definition) is 4. The van der Waals surface area contributed by atoms with E-state index in [1.165, 1.54) is 6.92 Å². The number of para-hydroxylation sites is 1. The number of hydrogen-bond donors (Lipinski definition) is 3. The van der Waals surface area contributed by atoms with Gasteiger partial charge in [0.2, 0.25) is 0 Å². The normalized spacial score (nSPS) is 15.6. The molecule has 0 amide bonds. The maximum Gasteiger partial charge on any atom is 0.323 e. The highest BCUT2D eigenvalue weighted by Gasteiger charge is 2.30. The van der Waals surface area contributed by atoms with Gasteiger partial charge >= 0.3 is 5.97 Å². The van der Waals surface area contributed by atoms with Gasteiger partial charge in [-0.2, -0.15) is 0 Å². The first kappa shape index (κ1) is 15.5. The molecular weight excluding hydrogens is 246 g/mol. The number of rotatable bonds is 7. The van der Waals surface area contributed by atoms with Crippen molar-refractivity contribution in [1.82, 2.24) is 0 Å². The van der Waals surface area contributed by atoms with Gasteiger partial charge in [-0.05, 0) is 31.9 Å². The Labute approximate surface area is 113 Å². The topological polar surface area (TPSA) is 92.8 Å². The lowest BCUT2D eigenvalue weighted by Crippen LogP contribution is -2.47. The van der Waals surface area contributed by atoms with Crippen LogP contribution in [0.4, 0.5) is 0 Å². The number of aliphatic hydroxyl groups is 1. The van der Waals surface area contributed by atoms with Crippen molar-refractivity contribution < 1.29 is 19.7 Å². The minimum absolute atomic E-state index is 0.0402. The van der Waals surface area contributed by atoms with Crippen LogP contribution in [0.2, 0.25) is 0 Å². The number of carboxylic acid groups (broad SMARTS) is 1. The van der Waals surface area contributed by atoms with Crippen LogP contribution in [0, 0.1) is 0 Å². The quantitative estimate of drug-likeness (QED) is 0.690. The summed E-state index contributed by atoms with van der Waals surface area (Å²) < 4.78 is 5.73. The molecule has 1 aromatic carbocycles. The van der Waals surface area contributed by atoms with Crippen LogP contribution in [0.15, 0.2) is 24.3 Å². The van der Waals surface area contributed by atoms with Gasteiger partial charge in [-0.25, -0.2) is 0 Å². The molecule has 5 nitrogen and oxygen atoms in total. The minimum Gasteiger partial charge on any atom is -0.490 e. The molecule has 0 spiro atoms. The Morgan fingerprint density at radius 2 is 2.11 bits per heavy atom. The second-order valence-corrected chi connectivity index (χ2v) is 4.94. The summed E-state index contributed by atoms with van der Waals surface area (Å²) in [6.07, 6.45) is 0.378. The lowest BCUT2D eigenvalue weighted by atomic mass is 9.96. The molecule has 5 heteroatoms. The molecule has 19 heavy (non-hydrogen) atoms. The SMILES string of the molecule is CC(CC(C)(N)C(=O)O)Oc1ccccc1CCO. The second-order valence-electron chi connectivity index (χ2n) is 4.94. The summed E-state index contributed by atoms with van der Waals surface area (Å²) in [7, 11) is 0. The predicted molar refractivity (Wildman–Crippen MR) is 72.2 cm³/mol. The van der Waals surface area contributed by atoms with Crippen molar-refractivity contribution in [2.45, 2.75) is 38.3 Å². The Hall–Kier alpha value is -1.59. The van der Waals surface area contributed by atoms with Crippen molar-refractivity contribution >= 4 is 5.97 Å². The molecule has 0 heterocycles. The van der Waals surface area contributed by atoms with Gasteiger partial charge in [0.15, 0.2) is 0 Å². The van der Waals surface area contributed by atoms with E-state index >= 15 is 0 Å². The number of carbonyl (C=O) groups is 1. The fourth-order valence-electron chi connectivity index (χ4n) is 1.89. The van der Waals surface area contributed by atoms with E-state index in [2.05, 4.69) is 0 Å². The van der Waals surface area contributed by atoms with Crippen LogP contribution in [0.3, 0.4) is 0 Å². The average Bonchev–Trinajstić information content (AvgIpc) is 2.31. The molecule has 2 unspecified atom stereocenters. The van der Waals surface area contributed by atoms with Gasteiger partial charge in [0.1, 0.15) is 11.3 Å². The van der Waals surface area contributed by atoms with E-state index in [0.29, 0.717) is 12.2 Å². The van der Waals surface area contributed by atoms with E-state index in [1.807, 2.05) is 18.2 Å². The lowest BCUT2D eigenvalue weighted by molar-refractivity contribution is -0.143. The number of benzene rings is 1. The fraction of sp³-hybridized carbons (Fsp3) is 0.500. The van der Waals surface area contributed by atoms with Crippen molar-refractivity contribution in [3.05, 3.63) is 29.8 Å². The van der Waals surface area contributed by atoms with Crippen molar-refractivity contribution in [3.8, 4) is 5.75 Å². The van der Waals surface area contributed by atoms with Gasteiger partial charge in [-0.15, -0.1) is 0 Å². The summed E-state index contributed by atoms with van der Waals surface area (Å²) in [6, 6.07) is 7.38. The zero-order valence-electron chi connectivity index (χ0n) is 11.3. The molecule has 0 aliphatic rings. The Bertz CT molecular complexity index is 431.